The number of rotatable bonds is 5. The number of methoxy groups -OCH3 is 1. The molecule has 98 valence electrons. The Morgan fingerprint density at radius 1 is 1.50 bits per heavy atom. The summed E-state index contributed by atoms with van der Waals surface area (Å²) >= 11 is 0. The van der Waals surface area contributed by atoms with Crippen LogP contribution in [0.25, 0.3) is 0 Å². The summed E-state index contributed by atoms with van der Waals surface area (Å²) in [5.74, 6) is -0.0996. The van der Waals surface area contributed by atoms with Gasteiger partial charge in [0.05, 0.1) is 13.2 Å². The Balaban J connectivity index is 2.33. The Kier molecular flexibility index (Phi) is 3.72. The highest BCUT2D eigenvalue weighted by Gasteiger charge is 2.26. The zero-order chi connectivity index (χ0) is 13.1. The van der Waals surface area contributed by atoms with Crippen LogP contribution in [0.1, 0.15) is 30.9 Å². The lowest BCUT2D eigenvalue weighted by Gasteiger charge is -2.28. The number of hydrogen-bond donors (Lipinski definition) is 2. The molecule has 0 saturated heterocycles. The van der Waals surface area contributed by atoms with Gasteiger partial charge in [-0.25, -0.2) is 0 Å². The Hall–Kier alpha value is -1.75. The van der Waals surface area contributed by atoms with Crippen molar-refractivity contribution < 1.29 is 19.4 Å². The summed E-state index contributed by atoms with van der Waals surface area (Å²) in [6.07, 6.45) is 3.25. The van der Waals surface area contributed by atoms with Gasteiger partial charge in [0.2, 0.25) is 0 Å². The van der Waals surface area contributed by atoms with Crippen molar-refractivity contribution in [2.45, 2.75) is 31.4 Å². The van der Waals surface area contributed by atoms with E-state index in [1.54, 1.807) is 18.2 Å². The Morgan fingerprint density at radius 3 is 2.72 bits per heavy atom. The molecule has 1 aromatic carbocycles. The van der Waals surface area contributed by atoms with Gasteiger partial charge in [0, 0.05) is 5.56 Å². The van der Waals surface area contributed by atoms with Gasteiger partial charge in [-0.05, 0) is 25.3 Å². The molecule has 0 bridgehead atoms. The number of hydrogen-bond acceptors (Lipinski definition) is 4. The molecular weight excluding hydrogens is 234 g/mol. The fourth-order valence-corrected chi connectivity index (χ4v) is 1.85. The number of nitrogens with two attached hydrogens (primary N) is 1. The summed E-state index contributed by atoms with van der Waals surface area (Å²) in [5.41, 5.74) is 6.11. The van der Waals surface area contributed by atoms with E-state index >= 15 is 0 Å². The van der Waals surface area contributed by atoms with Gasteiger partial charge in [-0.1, -0.05) is 12.1 Å². The van der Waals surface area contributed by atoms with Gasteiger partial charge in [0.15, 0.2) is 11.5 Å². The van der Waals surface area contributed by atoms with E-state index in [0.29, 0.717) is 17.1 Å². The largest absolute Gasteiger partial charge is 0.493 e. The Bertz CT molecular complexity index is 443. The van der Waals surface area contributed by atoms with Crippen LogP contribution in [0.3, 0.4) is 0 Å². The van der Waals surface area contributed by atoms with Crippen molar-refractivity contribution >= 4 is 5.97 Å². The lowest BCUT2D eigenvalue weighted by molar-refractivity contribution is -0.138. The number of carboxylic acids is 1. The average molecular weight is 251 g/mol. The van der Waals surface area contributed by atoms with Crippen LogP contribution >= 0.6 is 0 Å². The van der Waals surface area contributed by atoms with Crippen LogP contribution in [0, 0.1) is 0 Å². The van der Waals surface area contributed by atoms with Crippen LogP contribution in [0.5, 0.6) is 11.5 Å². The monoisotopic (exact) mass is 251 g/mol. The fourth-order valence-electron chi connectivity index (χ4n) is 1.85. The summed E-state index contributed by atoms with van der Waals surface area (Å²) in [7, 11) is 1.53. The average Bonchev–Trinajstić information content (AvgIpc) is 2.32. The third-order valence-electron chi connectivity index (χ3n) is 3.17. The van der Waals surface area contributed by atoms with Gasteiger partial charge < -0.3 is 20.3 Å². The van der Waals surface area contributed by atoms with Gasteiger partial charge in [0.1, 0.15) is 6.04 Å². The molecule has 0 spiro atoms. The van der Waals surface area contributed by atoms with E-state index in [1.165, 1.54) is 7.11 Å². The highest BCUT2D eigenvalue weighted by molar-refractivity contribution is 5.77. The minimum atomic E-state index is -1.10. The molecule has 0 aromatic heterocycles. The van der Waals surface area contributed by atoms with Crippen molar-refractivity contribution in [1.82, 2.24) is 0 Å². The highest BCUT2D eigenvalue weighted by atomic mass is 16.5. The molecule has 1 aromatic rings. The van der Waals surface area contributed by atoms with Crippen LogP contribution in [0.4, 0.5) is 0 Å². The maximum absolute atomic E-state index is 11.0. The lowest BCUT2D eigenvalue weighted by atomic mass is 9.96. The van der Waals surface area contributed by atoms with Crippen molar-refractivity contribution in [1.29, 1.82) is 0 Å². The normalized spacial score (nSPS) is 16.8. The summed E-state index contributed by atoms with van der Waals surface area (Å²) in [5, 5.41) is 9.01. The van der Waals surface area contributed by atoms with Crippen LogP contribution in [0.15, 0.2) is 18.2 Å². The number of aliphatic carboxylic acids is 1. The number of carbonyl (C=O) groups is 1. The molecule has 1 fully saturated rings. The Morgan fingerprint density at radius 2 is 2.22 bits per heavy atom. The van der Waals surface area contributed by atoms with Gasteiger partial charge in [-0.3, -0.25) is 4.79 Å². The first-order chi connectivity index (χ1) is 8.63. The van der Waals surface area contributed by atoms with Crippen LogP contribution < -0.4 is 15.2 Å². The molecule has 0 radical (unpaired) electrons. The molecule has 0 heterocycles. The first-order valence-corrected chi connectivity index (χ1v) is 5.95. The SMILES string of the molecule is COc1cccc(C(N)C(=O)O)c1OC1CCC1. The number of para-hydroxylation sites is 1. The topological polar surface area (TPSA) is 81.8 Å². The van der Waals surface area contributed by atoms with E-state index in [9.17, 15) is 4.79 Å². The molecule has 2 rings (SSSR count). The molecule has 1 aliphatic rings. The second-order valence-electron chi connectivity index (χ2n) is 4.37. The molecule has 1 atom stereocenters. The van der Waals surface area contributed by atoms with Crippen molar-refractivity contribution in [2.24, 2.45) is 5.73 Å². The van der Waals surface area contributed by atoms with E-state index in [0.717, 1.165) is 19.3 Å². The zero-order valence-electron chi connectivity index (χ0n) is 10.3. The van der Waals surface area contributed by atoms with Crippen molar-refractivity contribution in [3.63, 3.8) is 0 Å². The van der Waals surface area contributed by atoms with E-state index in [2.05, 4.69) is 0 Å². The second kappa shape index (κ2) is 5.27. The first-order valence-electron chi connectivity index (χ1n) is 5.95. The highest BCUT2D eigenvalue weighted by Crippen LogP contribution is 2.37. The maximum Gasteiger partial charge on any atom is 0.325 e. The molecule has 18 heavy (non-hydrogen) atoms. The van der Waals surface area contributed by atoms with Crippen molar-refractivity contribution in [2.75, 3.05) is 7.11 Å². The number of carboxylic acid groups (broad SMARTS) is 1. The minimum absolute atomic E-state index is 0.140. The standard InChI is InChI=1S/C13H17NO4/c1-17-10-7-3-6-9(11(14)13(15)16)12(10)18-8-4-2-5-8/h3,6-8,11H,2,4-5,14H2,1H3,(H,15,16). The minimum Gasteiger partial charge on any atom is -0.493 e. The van der Waals surface area contributed by atoms with Crippen molar-refractivity contribution in [3.8, 4) is 11.5 Å². The van der Waals surface area contributed by atoms with E-state index in [-0.39, 0.29) is 6.10 Å². The maximum atomic E-state index is 11.0. The molecule has 3 N–H and O–H groups in total. The predicted octanol–water partition coefficient (Wildman–Crippen LogP) is 1.71. The van der Waals surface area contributed by atoms with Crippen LogP contribution in [-0.2, 0) is 4.79 Å². The number of ether oxygens (including phenoxy) is 2. The van der Waals surface area contributed by atoms with E-state index in [1.807, 2.05) is 0 Å². The smallest absolute Gasteiger partial charge is 0.325 e. The van der Waals surface area contributed by atoms with E-state index < -0.39 is 12.0 Å². The predicted molar refractivity (Wildman–Crippen MR) is 65.8 cm³/mol. The molecule has 1 saturated carbocycles. The van der Waals surface area contributed by atoms with E-state index in [4.69, 9.17) is 20.3 Å². The molecule has 1 unspecified atom stereocenters. The summed E-state index contributed by atoms with van der Waals surface area (Å²) in [6, 6.07) is 4.02. The van der Waals surface area contributed by atoms with Gasteiger partial charge in [-0.15, -0.1) is 0 Å². The fraction of sp³-hybridized carbons (Fsp3) is 0.462. The van der Waals surface area contributed by atoms with Crippen LogP contribution in [0.2, 0.25) is 0 Å². The van der Waals surface area contributed by atoms with Gasteiger partial charge in [-0.2, -0.15) is 0 Å². The third kappa shape index (κ3) is 2.41. The lowest BCUT2D eigenvalue weighted by Crippen LogP contribution is -2.27. The van der Waals surface area contributed by atoms with Crippen LogP contribution in [-0.4, -0.2) is 24.3 Å². The van der Waals surface area contributed by atoms with Gasteiger partial charge >= 0.3 is 5.97 Å². The third-order valence-corrected chi connectivity index (χ3v) is 3.17. The number of benzene rings is 1. The quantitative estimate of drug-likeness (QED) is 0.832. The van der Waals surface area contributed by atoms with Crippen molar-refractivity contribution in [3.05, 3.63) is 23.8 Å². The van der Waals surface area contributed by atoms with Gasteiger partial charge in [0.25, 0.3) is 0 Å². The zero-order valence-corrected chi connectivity index (χ0v) is 10.3. The Labute approximate surface area is 106 Å². The molecular formula is C13H17NO4. The molecule has 5 heteroatoms. The molecule has 0 aliphatic heterocycles. The first kappa shape index (κ1) is 12.7. The molecule has 5 nitrogen and oxygen atoms in total. The summed E-state index contributed by atoms with van der Waals surface area (Å²) < 4.78 is 11.0. The summed E-state index contributed by atoms with van der Waals surface area (Å²) in [6.45, 7) is 0. The summed E-state index contributed by atoms with van der Waals surface area (Å²) in [4.78, 5) is 11.0. The molecule has 1 aliphatic carbocycles. The molecule has 0 amide bonds. The second-order valence-corrected chi connectivity index (χ2v) is 4.37.